The van der Waals surface area contributed by atoms with Crippen LogP contribution in [0.3, 0.4) is 0 Å². The molecule has 7 heteroatoms. The van der Waals surface area contributed by atoms with E-state index in [9.17, 15) is 14.0 Å². The van der Waals surface area contributed by atoms with Crippen LogP contribution in [0.5, 0.6) is 0 Å². The van der Waals surface area contributed by atoms with Crippen molar-refractivity contribution in [1.29, 1.82) is 0 Å². The lowest BCUT2D eigenvalue weighted by Gasteiger charge is -2.31. The Morgan fingerprint density at radius 3 is 2.69 bits per heavy atom. The van der Waals surface area contributed by atoms with Crippen LogP contribution in [0.25, 0.3) is 0 Å². The summed E-state index contributed by atoms with van der Waals surface area (Å²) in [6, 6.07) is 7.71. The van der Waals surface area contributed by atoms with Crippen molar-refractivity contribution in [2.75, 3.05) is 18.4 Å². The first-order chi connectivity index (χ1) is 12.5. The fourth-order valence-electron chi connectivity index (χ4n) is 3.19. The van der Waals surface area contributed by atoms with Crippen LogP contribution in [0, 0.1) is 11.7 Å². The van der Waals surface area contributed by atoms with E-state index < -0.39 is 5.82 Å². The second kappa shape index (κ2) is 8.36. The van der Waals surface area contributed by atoms with Gasteiger partial charge in [0.15, 0.2) is 0 Å². The van der Waals surface area contributed by atoms with Crippen molar-refractivity contribution in [2.45, 2.75) is 25.7 Å². The minimum Gasteiger partial charge on any atom is -0.357 e. The number of hydrogen-bond donors (Lipinski definition) is 2. The molecule has 1 fully saturated rings. The molecule has 1 aliphatic rings. The molecule has 26 heavy (non-hydrogen) atoms. The van der Waals surface area contributed by atoms with Gasteiger partial charge in [-0.3, -0.25) is 9.59 Å². The molecule has 0 atom stereocenters. The average Bonchev–Trinajstić information content (AvgIpc) is 3.18. The number of H-pyrrole nitrogens is 1. The van der Waals surface area contributed by atoms with Gasteiger partial charge in [0, 0.05) is 31.4 Å². The van der Waals surface area contributed by atoms with Crippen molar-refractivity contribution in [3.63, 3.8) is 0 Å². The van der Waals surface area contributed by atoms with Crippen LogP contribution in [0.2, 0.25) is 5.02 Å². The maximum atomic E-state index is 13.1. The number of nitrogens with one attached hydrogen (secondary N) is 2. The third kappa shape index (κ3) is 4.64. The zero-order chi connectivity index (χ0) is 18.5. The molecule has 3 rings (SSSR count). The fourth-order valence-corrected chi connectivity index (χ4v) is 3.37. The van der Waals surface area contributed by atoms with E-state index in [1.165, 1.54) is 18.2 Å². The Labute approximate surface area is 156 Å². The molecule has 2 aromatic rings. The van der Waals surface area contributed by atoms with Gasteiger partial charge < -0.3 is 15.2 Å². The third-order valence-corrected chi connectivity index (χ3v) is 5.00. The average molecular weight is 378 g/mol. The van der Waals surface area contributed by atoms with Gasteiger partial charge in [0.05, 0.1) is 5.02 Å². The molecule has 0 aliphatic carbocycles. The van der Waals surface area contributed by atoms with Gasteiger partial charge in [-0.15, -0.1) is 0 Å². The number of carbonyl (C=O) groups is 2. The molecule has 2 N–H and O–H groups in total. The molecule has 0 radical (unpaired) electrons. The number of aromatic nitrogens is 1. The number of nitrogens with zero attached hydrogens (tertiary/aromatic N) is 1. The molecule has 2 heterocycles. The Morgan fingerprint density at radius 2 is 2.04 bits per heavy atom. The highest BCUT2D eigenvalue weighted by molar-refractivity contribution is 6.31. The number of halogens is 2. The molecule has 1 aromatic heterocycles. The second-order valence-corrected chi connectivity index (χ2v) is 6.94. The molecule has 0 spiro atoms. The van der Waals surface area contributed by atoms with Crippen molar-refractivity contribution in [2.24, 2.45) is 5.92 Å². The van der Waals surface area contributed by atoms with E-state index in [0.717, 1.165) is 19.3 Å². The molecule has 1 aromatic carbocycles. The van der Waals surface area contributed by atoms with Gasteiger partial charge in [-0.25, -0.2) is 4.39 Å². The van der Waals surface area contributed by atoms with Crippen LogP contribution in [0.15, 0.2) is 36.5 Å². The smallest absolute Gasteiger partial charge is 0.270 e. The van der Waals surface area contributed by atoms with Crippen LogP contribution < -0.4 is 5.32 Å². The highest BCUT2D eigenvalue weighted by Gasteiger charge is 2.24. The van der Waals surface area contributed by atoms with Gasteiger partial charge >= 0.3 is 0 Å². The van der Waals surface area contributed by atoms with Crippen molar-refractivity contribution in [1.82, 2.24) is 9.88 Å². The molecule has 2 amide bonds. The van der Waals surface area contributed by atoms with Gasteiger partial charge in [0.1, 0.15) is 11.5 Å². The number of piperidine rings is 1. The number of carbonyl (C=O) groups excluding carboxylic acids is 2. The molecule has 1 saturated heterocycles. The lowest BCUT2D eigenvalue weighted by atomic mass is 9.92. The largest absolute Gasteiger partial charge is 0.357 e. The summed E-state index contributed by atoms with van der Waals surface area (Å²) in [5.41, 5.74) is 1.11. The number of aromatic amines is 1. The summed E-state index contributed by atoms with van der Waals surface area (Å²) in [6.07, 6.45) is 4.69. The van der Waals surface area contributed by atoms with Gasteiger partial charge in [-0.2, -0.15) is 0 Å². The van der Waals surface area contributed by atoms with Crippen molar-refractivity contribution in [3.8, 4) is 0 Å². The maximum Gasteiger partial charge on any atom is 0.270 e. The number of rotatable bonds is 5. The van der Waals surface area contributed by atoms with Crippen molar-refractivity contribution in [3.05, 3.63) is 53.1 Å². The van der Waals surface area contributed by atoms with Crippen molar-refractivity contribution < 1.29 is 14.0 Å². The highest BCUT2D eigenvalue weighted by Crippen LogP contribution is 2.24. The Balaban J connectivity index is 1.41. The third-order valence-electron chi connectivity index (χ3n) is 4.71. The zero-order valence-electron chi connectivity index (χ0n) is 14.3. The van der Waals surface area contributed by atoms with Crippen LogP contribution >= 0.6 is 11.6 Å². The monoisotopic (exact) mass is 377 g/mol. The van der Waals surface area contributed by atoms with Crippen LogP contribution in [0.1, 0.15) is 36.2 Å². The van der Waals surface area contributed by atoms with E-state index in [0.29, 0.717) is 36.8 Å². The molecule has 0 saturated carbocycles. The normalized spacial score (nSPS) is 15.1. The molecule has 1 aliphatic heterocycles. The summed E-state index contributed by atoms with van der Waals surface area (Å²) in [6.45, 7) is 1.41. The van der Waals surface area contributed by atoms with Gasteiger partial charge in [-0.1, -0.05) is 11.6 Å². The van der Waals surface area contributed by atoms with Gasteiger partial charge in [0.25, 0.3) is 5.91 Å². The number of anilines is 1. The standard InChI is InChI=1S/C19H21ClFN3O2/c20-15-12-14(4-5-16(15)21)23-18(25)6-3-13-7-10-24(11-8-13)19(26)17-2-1-9-22-17/h1-2,4-5,9,12-13,22H,3,6-8,10-11H2,(H,23,25). The fraction of sp³-hybridized carbons (Fsp3) is 0.368. The Hall–Kier alpha value is -2.34. The summed E-state index contributed by atoms with van der Waals surface area (Å²) >= 11 is 5.71. The van der Waals surface area contributed by atoms with E-state index in [1.807, 2.05) is 11.0 Å². The minimum absolute atomic E-state index is 0.0121. The Kier molecular flexibility index (Phi) is 5.93. The quantitative estimate of drug-likeness (QED) is 0.824. The second-order valence-electron chi connectivity index (χ2n) is 6.54. The lowest BCUT2D eigenvalue weighted by Crippen LogP contribution is -2.38. The SMILES string of the molecule is O=C(CCC1CCN(C(=O)c2ccc[nH]2)CC1)Nc1ccc(F)c(Cl)c1. The molecule has 138 valence electrons. The summed E-state index contributed by atoms with van der Waals surface area (Å²) < 4.78 is 13.1. The van der Waals surface area contributed by atoms with E-state index in [-0.39, 0.29) is 16.8 Å². The molecular formula is C19H21ClFN3O2. The minimum atomic E-state index is -0.509. The van der Waals surface area contributed by atoms with Gasteiger partial charge in [0.2, 0.25) is 5.91 Å². The first kappa shape index (κ1) is 18.5. The predicted octanol–water partition coefficient (Wildman–Crippen LogP) is 4.08. The van der Waals surface area contributed by atoms with Crippen molar-refractivity contribution >= 4 is 29.1 Å². The summed E-state index contributed by atoms with van der Waals surface area (Å²) in [5, 5.41) is 2.72. The van der Waals surface area contributed by atoms with Gasteiger partial charge in [-0.05, 0) is 55.5 Å². The molecule has 0 unspecified atom stereocenters. The number of likely N-dealkylation sites (tertiary alicyclic amines) is 1. The maximum absolute atomic E-state index is 13.1. The number of benzene rings is 1. The number of hydrogen-bond acceptors (Lipinski definition) is 2. The summed E-state index contributed by atoms with van der Waals surface area (Å²) in [4.78, 5) is 29.1. The van der Waals surface area contributed by atoms with Crippen LogP contribution in [-0.4, -0.2) is 34.8 Å². The first-order valence-corrected chi connectivity index (χ1v) is 9.08. The van der Waals surface area contributed by atoms with Crippen LogP contribution in [0.4, 0.5) is 10.1 Å². The summed E-state index contributed by atoms with van der Waals surface area (Å²) in [5.74, 6) is -0.174. The highest BCUT2D eigenvalue weighted by atomic mass is 35.5. The molecule has 5 nitrogen and oxygen atoms in total. The van der Waals surface area contributed by atoms with E-state index in [4.69, 9.17) is 11.6 Å². The molecular weight excluding hydrogens is 357 g/mol. The zero-order valence-corrected chi connectivity index (χ0v) is 15.1. The predicted molar refractivity (Wildman–Crippen MR) is 98.7 cm³/mol. The van der Waals surface area contributed by atoms with Crippen LogP contribution in [-0.2, 0) is 4.79 Å². The summed E-state index contributed by atoms with van der Waals surface area (Å²) in [7, 11) is 0. The topological polar surface area (TPSA) is 65.2 Å². The Morgan fingerprint density at radius 1 is 1.27 bits per heavy atom. The Bertz CT molecular complexity index is 771. The van der Waals surface area contributed by atoms with E-state index in [2.05, 4.69) is 10.3 Å². The molecule has 0 bridgehead atoms. The first-order valence-electron chi connectivity index (χ1n) is 8.70. The number of amides is 2. The van der Waals surface area contributed by atoms with E-state index in [1.54, 1.807) is 12.3 Å². The lowest BCUT2D eigenvalue weighted by molar-refractivity contribution is -0.116. The van der Waals surface area contributed by atoms with E-state index >= 15 is 0 Å².